The van der Waals surface area contributed by atoms with Gasteiger partial charge in [-0.1, -0.05) is 21.7 Å². The lowest BCUT2D eigenvalue weighted by Gasteiger charge is -2.10. The van der Waals surface area contributed by atoms with Crippen molar-refractivity contribution in [3.05, 3.63) is 30.3 Å². The molecule has 0 fully saturated rings. The normalized spacial score (nSPS) is 11.5. The summed E-state index contributed by atoms with van der Waals surface area (Å²) < 4.78 is -0.166. The molecule has 0 aromatic heterocycles. The summed E-state index contributed by atoms with van der Waals surface area (Å²) in [6.45, 7) is 0. The van der Waals surface area contributed by atoms with Gasteiger partial charge in [0.15, 0.2) is 29.2 Å². The van der Waals surface area contributed by atoms with E-state index in [4.69, 9.17) is 23.6 Å². The first-order valence-electron chi connectivity index (χ1n) is 2.92. The molecule has 1 aromatic carbocycles. The average molecular weight is 177 g/mol. The van der Waals surface area contributed by atoms with Crippen LogP contribution in [-0.2, 0) is 0 Å². The van der Waals surface area contributed by atoms with E-state index in [-0.39, 0.29) is 3.52 Å². The van der Waals surface area contributed by atoms with Crippen molar-refractivity contribution in [1.82, 2.24) is 3.52 Å². The smallest absolute Gasteiger partial charge is 0.0936 e. The third kappa shape index (κ3) is 1.87. The predicted molar refractivity (Wildman–Crippen MR) is 45.9 cm³/mol. The molecule has 0 radical (unpaired) electrons. The first-order chi connectivity index (χ1) is 4.61. The van der Waals surface area contributed by atoms with Crippen LogP contribution in [0.3, 0.4) is 0 Å². The van der Waals surface area contributed by atoms with Gasteiger partial charge in [-0.3, -0.25) is 0 Å². The van der Waals surface area contributed by atoms with E-state index in [9.17, 15) is 0 Å². The van der Waals surface area contributed by atoms with Crippen LogP contribution < -0.4 is 3.52 Å². The van der Waals surface area contributed by atoms with Crippen molar-refractivity contribution in [1.29, 1.82) is 0 Å². The summed E-state index contributed by atoms with van der Waals surface area (Å²) in [6.07, 6.45) is 0. The Kier molecular flexibility index (Phi) is 2.19. The second-order valence-electron chi connectivity index (χ2n) is 2.13. The predicted octanol–water partition coefficient (Wildman–Crippen LogP) is 2.93. The summed E-state index contributed by atoms with van der Waals surface area (Å²) >= 11 is 11.5. The molecule has 0 aliphatic carbocycles. The Bertz CT molecular complexity index is 203. The van der Waals surface area contributed by atoms with Crippen LogP contribution >= 0.6 is 23.6 Å². The molecule has 0 saturated carbocycles. The van der Waals surface area contributed by atoms with E-state index in [1.165, 1.54) is 0 Å². The number of rotatable bonds is 1. The fourth-order valence-corrected chi connectivity index (χ4v) is 0.915. The Morgan fingerprint density at radius 2 is 1.60 bits per heavy atom. The molecule has 1 aromatic rings. The molecule has 0 atom stereocenters. The van der Waals surface area contributed by atoms with Crippen molar-refractivity contribution in [2.24, 2.45) is 0 Å². The van der Waals surface area contributed by atoms with Gasteiger partial charge in [-0.25, -0.2) is 0 Å². The number of benzene rings is 1. The van der Waals surface area contributed by atoms with Crippen LogP contribution in [0.15, 0.2) is 30.3 Å². The molecule has 0 unspecified atom stereocenters. The van der Waals surface area contributed by atoms with Crippen molar-refractivity contribution < 1.29 is 0 Å². The zero-order chi connectivity index (χ0) is 7.61. The summed E-state index contributed by atoms with van der Waals surface area (Å²) in [5.74, 6) is 0. The van der Waals surface area contributed by atoms with Gasteiger partial charge in [0.25, 0.3) is 0 Å². The molecular weight excluding hydrogens is 169 g/mol. The molecule has 0 saturated heterocycles. The molecule has 10 heavy (non-hydrogen) atoms. The van der Waals surface area contributed by atoms with Gasteiger partial charge in [0.05, 0.1) is 0 Å². The van der Waals surface area contributed by atoms with E-state index < -0.39 is 0 Å². The lowest BCUT2D eigenvalue weighted by molar-refractivity contribution is 0.834. The Balaban J connectivity index is 2.97. The van der Waals surface area contributed by atoms with Crippen LogP contribution in [0, 0.1) is 0 Å². The number of para-hydroxylation sites is 1. The minimum Gasteiger partial charge on any atom is -0.0936 e. The molecule has 0 N–H and O–H groups in total. The summed E-state index contributed by atoms with van der Waals surface area (Å²) in [5.41, 5.74) is 0.867. The first kappa shape index (κ1) is 7.86. The van der Waals surface area contributed by atoms with E-state index in [2.05, 4.69) is 0 Å². The Morgan fingerprint density at radius 3 is 1.90 bits per heavy atom. The maximum absolute atomic E-state index is 5.76. The van der Waals surface area contributed by atoms with Crippen molar-refractivity contribution in [2.45, 2.75) is 0 Å². The highest BCUT2D eigenvalue weighted by molar-refractivity contribution is 6.43. The van der Waals surface area contributed by atoms with E-state index in [1.807, 2.05) is 30.3 Å². The minimum absolute atomic E-state index is 0.166. The number of quaternary nitrogens is 1. The van der Waals surface area contributed by atoms with Gasteiger partial charge in [0.1, 0.15) is 7.05 Å². The van der Waals surface area contributed by atoms with Gasteiger partial charge in [-0.05, 0) is 0 Å². The third-order valence-corrected chi connectivity index (χ3v) is 1.60. The van der Waals surface area contributed by atoms with Gasteiger partial charge in [0, 0.05) is 12.1 Å². The van der Waals surface area contributed by atoms with Gasteiger partial charge < -0.3 is 0 Å². The Labute approximate surface area is 70.6 Å². The topological polar surface area (TPSA) is 0 Å². The van der Waals surface area contributed by atoms with Crippen LogP contribution in [0.2, 0.25) is 0 Å². The fraction of sp³-hybridized carbons (Fsp3) is 0.143. The van der Waals surface area contributed by atoms with Crippen LogP contribution in [-0.4, -0.2) is 7.05 Å². The van der Waals surface area contributed by atoms with Gasteiger partial charge in [0.2, 0.25) is 0 Å². The molecule has 0 aliphatic heterocycles. The van der Waals surface area contributed by atoms with Crippen LogP contribution in [0.5, 0.6) is 0 Å². The summed E-state index contributed by atoms with van der Waals surface area (Å²) in [6, 6.07) is 9.47. The molecule has 54 valence electrons. The van der Waals surface area contributed by atoms with E-state index in [1.54, 1.807) is 7.05 Å². The number of hydrogen-bond acceptors (Lipinski definition) is 0. The second kappa shape index (κ2) is 2.79. The Hall–Kier alpha value is -0.240. The van der Waals surface area contributed by atoms with Crippen molar-refractivity contribution in [3.8, 4) is 0 Å². The number of nitrogens with zero attached hydrogens (tertiary/aromatic N) is 1. The molecule has 0 spiro atoms. The molecule has 3 heteroatoms. The van der Waals surface area contributed by atoms with Crippen molar-refractivity contribution in [3.63, 3.8) is 0 Å². The summed E-state index contributed by atoms with van der Waals surface area (Å²) in [5, 5.41) is 0. The SMILES string of the molecule is C[N+](Cl)(Cl)c1ccccc1. The molecule has 1 nitrogen and oxygen atoms in total. The van der Waals surface area contributed by atoms with Crippen molar-refractivity contribution in [2.75, 3.05) is 7.05 Å². The van der Waals surface area contributed by atoms with Crippen LogP contribution in [0.4, 0.5) is 5.69 Å². The maximum atomic E-state index is 5.76. The van der Waals surface area contributed by atoms with Crippen molar-refractivity contribution >= 4 is 29.2 Å². The van der Waals surface area contributed by atoms with Gasteiger partial charge in [-0.2, -0.15) is 0 Å². The van der Waals surface area contributed by atoms with Gasteiger partial charge in [-0.15, -0.1) is 0 Å². The highest BCUT2D eigenvalue weighted by Gasteiger charge is 2.19. The lowest BCUT2D eigenvalue weighted by Crippen LogP contribution is -2.19. The fourth-order valence-electron chi connectivity index (χ4n) is 0.690. The molecule has 0 amide bonds. The third-order valence-electron chi connectivity index (χ3n) is 1.21. The lowest BCUT2D eigenvalue weighted by atomic mass is 10.3. The number of hydrogen-bond donors (Lipinski definition) is 0. The monoisotopic (exact) mass is 176 g/mol. The van der Waals surface area contributed by atoms with E-state index >= 15 is 0 Å². The van der Waals surface area contributed by atoms with Crippen LogP contribution in [0.25, 0.3) is 0 Å². The molecule has 0 bridgehead atoms. The average Bonchev–Trinajstić information content (AvgIpc) is 1.88. The largest absolute Gasteiger partial charge is 0.192 e. The zero-order valence-electron chi connectivity index (χ0n) is 5.59. The standard InChI is InChI=1S/C7H8Cl2N/c1-10(8,9)7-5-3-2-4-6-7/h2-6H,1H3/q+1. The molecular formula is C7H8Cl2N+. The molecule has 1 rings (SSSR count). The highest BCUT2D eigenvalue weighted by atomic mass is 35.5. The Morgan fingerprint density at radius 1 is 1.10 bits per heavy atom. The summed E-state index contributed by atoms with van der Waals surface area (Å²) in [4.78, 5) is 0. The summed E-state index contributed by atoms with van der Waals surface area (Å²) in [7, 11) is 1.69. The maximum Gasteiger partial charge on any atom is 0.192 e. The zero-order valence-corrected chi connectivity index (χ0v) is 7.10. The number of halogens is 2. The van der Waals surface area contributed by atoms with E-state index in [0.29, 0.717) is 0 Å². The highest BCUT2D eigenvalue weighted by Crippen LogP contribution is 2.25. The minimum atomic E-state index is -0.166. The second-order valence-corrected chi connectivity index (χ2v) is 3.66. The molecule has 0 aliphatic rings. The quantitative estimate of drug-likeness (QED) is 0.578. The molecule has 0 heterocycles. The first-order valence-corrected chi connectivity index (χ1v) is 3.60. The van der Waals surface area contributed by atoms with Crippen LogP contribution in [0.1, 0.15) is 0 Å². The van der Waals surface area contributed by atoms with Gasteiger partial charge >= 0.3 is 0 Å². The van der Waals surface area contributed by atoms with E-state index in [0.717, 1.165) is 5.69 Å².